The average Bonchev–Trinajstić information content (AvgIpc) is 3.43. The maximum Gasteiger partial charge on any atom is 0.220 e. The van der Waals surface area contributed by atoms with Gasteiger partial charge < -0.3 is 0 Å². The van der Waals surface area contributed by atoms with E-state index in [0.29, 0.717) is 0 Å². The number of aromatic nitrogens is 1. The predicted octanol–water partition coefficient (Wildman–Crippen LogP) is 9.47. The maximum atomic E-state index is 2.66. The van der Waals surface area contributed by atoms with Crippen LogP contribution in [0.3, 0.4) is 0 Å². The first-order valence-electron chi connectivity index (χ1n) is 15.2. The first kappa shape index (κ1) is 24.2. The highest BCUT2D eigenvalue weighted by molar-refractivity contribution is 5.94. The van der Waals surface area contributed by atoms with Gasteiger partial charge in [0.25, 0.3) is 0 Å². The summed E-state index contributed by atoms with van der Waals surface area (Å²) in [6, 6.07) is 15.0. The number of fused-ring (bicyclic) bond motifs is 1. The van der Waals surface area contributed by atoms with Crippen molar-refractivity contribution < 1.29 is 4.57 Å². The molecule has 3 aromatic rings. The van der Waals surface area contributed by atoms with Crippen LogP contribution < -0.4 is 4.57 Å². The van der Waals surface area contributed by atoms with Gasteiger partial charge in [-0.2, -0.15) is 0 Å². The normalized spacial score (nSPS) is 20.4. The summed E-state index contributed by atoms with van der Waals surface area (Å²) in [7, 11) is 2.26. The highest BCUT2D eigenvalue weighted by Crippen LogP contribution is 2.42. The van der Waals surface area contributed by atoms with Crippen LogP contribution in [0, 0.1) is 12.8 Å². The first-order valence-corrected chi connectivity index (χ1v) is 15.2. The van der Waals surface area contributed by atoms with Crippen LogP contribution in [0.1, 0.15) is 124 Å². The van der Waals surface area contributed by atoms with Crippen LogP contribution in [-0.4, -0.2) is 0 Å². The molecule has 0 spiro atoms. The number of hydrogen-bond acceptors (Lipinski definition) is 0. The van der Waals surface area contributed by atoms with Gasteiger partial charge in [0.1, 0.15) is 7.05 Å². The first-order chi connectivity index (χ1) is 17.7. The third kappa shape index (κ3) is 4.88. The fraction of sp³-hybridized carbons (Fsp3) is 0.571. The molecule has 0 aliphatic heterocycles. The van der Waals surface area contributed by atoms with Crippen LogP contribution in [-0.2, 0) is 13.5 Å². The Hall–Kier alpha value is -2.15. The van der Waals surface area contributed by atoms with Gasteiger partial charge in [-0.3, -0.25) is 0 Å². The molecule has 3 aliphatic carbocycles. The maximum absolute atomic E-state index is 2.66. The zero-order chi connectivity index (χ0) is 24.5. The number of aryl methyl sites for hydroxylation is 1. The van der Waals surface area contributed by atoms with E-state index < -0.39 is 0 Å². The molecular weight excluding hydrogens is 434 g/mol. The summed E-state index contributed by atoms with van der Waals surface area (Å²) in [5.41, 5.74) is 9.29. The zero-order valence-corrected chi connectivity index (χ0v) is 22.8. The second kappa shape index (κ2) is 10.7. The minimum Gasteiger partial charge on any atom is -0.200 e. The van der Waals surface area contributed by atoms with Crippen molar-refractivity contribution in [1.29, 1.82) is 0 Å². The Labute approximate surface area is 219 Å². The van der Waals surface area contributed by atoms with Crippen molar-refractivity contribution in [3.63, 3.8) is 0 Å². The predicted molar refractivity (Wildman–Crippen MR) is 153 cm³/mol. The molecule has 2 aromatic carbocycles. The summed E-state index contributed by atoms with van der Waals surface area (Å²) in [5, 5.41) is 2.84. The fourth-order valence-electron chi connectivity index (χ4n) is 7.95. The zero-order valence-electron chi connectivity index (χ0n) is 22.8. The smallest absolute Gasteiger partial charge is 0.200 e. The van der Waals surface area contributed by atoms with Gasteiger partial charge in [-0.05, 0) is 96.6 Å². The number of rotatable bonds is 5. The fourth-order valence-corrected chi connectivity index (χ4v) is 7.95. The van der Waals surface area contributed by atoms with Gasteiger partial charge in [0.2, 0.25) is 5.69 Å². The second-order valence-electron chi connectivity index (χ2n) is 12.5. The van der Waals surface area contributed by atoms with Crippen molar-refractivity contribution in [2.75, 3.05) is 0 Å². The van der Waals surface area contributed by atoms with Crippen molar-refractivity contribution in [2.45, 2.75) is 115 Å². The molecule has 0 N–H and O–H groups in total. The van der Waals surface area contributed by atoms with Gasteiger partial charge in [0, 0.05) is 6.07 Å². The molecule has 0 atom stereocenters. The van der Waals surface area contributed by atoms with Crippen LogP contribution >= 0.6 is 0 Å². The van der Waals surface area contributed by atoms with Crippen molar-refractivity contribution in [3.05, 3.63) is 64.8 Å². The lowest BCUT2D eigenvalue weighted by Crippen LogP contribution is -2.31. The second-order valence-corrected chi connectivity index (χ2v) is 12.5. The molecule has 3 aliphatic rings. The molecule has 0 bridgehead atoms. The van der Waals surface area contributed by atoms with Gasteiger partial charge in [-0.1, -0.05) is 82.4 Å². The Kier molecular flexibility index (Phi) is 7.18. The Morgan fingerprint density at radius 3 is 2.11 bits per heavy atom. The molecule has 0 saturated heterocycles. The van der Waals surface area contributed by atoms with Crippen molar-refractivity contribution in [1.82, 2.24) is 0 Å². The van der Waals surface area contributed by atoms with Crippen molar-refractivity contribution in [3.8, 4) is 11.3 Å². The highest BCUT2D eigenvalue weighted by atomic mass is 14.9. The summed E-state index contributed by atoms with van der Waals surface area (Å²) >= 11 is 0. The van der Waals surface area contributed by atoms with Gasteiger partial charge in [-0.25, -0.2) is 4.57 Å². The monoisotopic (exact) mass is 480 g/mol. The van der Waals surface area contributed by atoms with E-state index in [0.717, 1.165) is 17.8 Å². The molecule has 1 nitrogen and oxygen atoms in total. The summed E-state index contributed by atoms with van der Waals surface area (Å²) < 4.78 is 2.40. The number of hydrogen-bond donors (Lipinski definition) is 0. The van der Waals surface area contributed by atoms with E-state index in [-0.39, 0.29) is 0 Å². The van der Waals surface area contributed by atoms with Crippen LogP contribution in [0.15, 0.2) is 42.6 Å². The molecule has 0 amide bonds. The lowest BCUT2D eigenvalue weighted by Gasteiger charge is -2.28. The molecule has 0 radical (unpaired) electrons. The quantitative estimate of drug-likeness (QED) is 0.320. The molecule has 1 heteroatoms. The lowest BCUT2D eigenvalue weighted by molar-refractivity contribution is -0.659. The van der Waals surface area contributed by atoms with E-state index in [4.69, 9.17) is 0 Å². The average molecular weight is 481 g/mol. The molecule has 190 valence electrons. The molecule has 0 unspecified atom stereocenters. The largest absolute Gasteiger partial charge is 0.220 e. The van der Waals surface area contributed by atoms with Crippen molar-refractivity contribution >= 4 is 10.8 Å². The molecule has 1 heterocycles. The number of benzene rings is 2. The molecule has 36 heavy (non-hydrogen) atoms. The van der Waals surface area contributed by atoms with E-state index in [1.807, 2.05) is 0 Å². The Balaban J connectivity index is 1.46. The molecule has 1 aromatic heterocycles. The third-order valence-corrected chi connectivity index (χ3v) is 10.0. The molecule has 3 saturated carbocycles. The van der Waals surface area contributed by atoms with Gasteiger partial charge >= 0.3 is 0 Å². The topological polar surface area (TPSA) is 3.88 Å². The minimum absolute atomic E-state index is 0.749. The van der Waals surface area contributed by atoms with Gasteiger partial charge in [-0.15, -0.1) is 0 Å². The van der Waals surface area contributed by atoms with Crippen LogP contribution in [0.25, 0.3) is 22.0 Å². The highest BCUT2D eigenvalue weighted by Gasteiger charge is 2.27. The summed E-state index contributed by atoms with van der Waals surface area (Å²) in [4.78, 5) is 0. The van der Waals surface area contributed by atoms with E-state index in [2.05, 4.69) is 61.1 Å². The summed E-state index contributed by atoms with van der Waals surface area (Å²) in [6.45, 7) is 2.43. The Morgan fingerprint density at radius 1 is 0.722 bits per heavy atom. The Morgan fingerprint density at radius 2 is 1.39 bits per heavy atom. The molecular formula is C35H46N+. The molecule has 3 fully saturated rings. The molecule has 6 rings (SSSR count). The van der Waals surface area contributed by atoms with Crippen LogP contribution in [0.2, 0.25) is 0 Å². The SMILES string of the molecule is Cc1c(-c2c3ccc(CC4CCCC4)cc3cc[n+]2C)cc(C2CCCCC2)cc1C1CCCCC1. The standard InChI is InChI=1S/C35H46N/c1-25-33(29-15-7-4-8-16-29)23-31(28-13-5-3-6-14-28)24-34(25)35-32-18-17-27(21-26-11-9-10-12-26)22-30(32)19-20-36(35)2/h17-20,22-24,26,28-29H,3-16,21H2,1-2H3/q+1. The number of pyridine rings is 1. The van der Waals surface area contributed by atoms with Gasteiger partial charge in [0.15, 0.2) is 6.20 Å². The van der Waals surface area contributed by atoms with E-state index in [1.165, 1.54) is 124 Å². The van der Waals surface area contributed by atoms with Gasteiger partial charge in [0.05, 0.1) is 10.9 Å². The van der Waals surface area contributed by atoms with Crippen molar-refractivity contribution in [2.24, 2.45) is 13.0 Å². The van der Waals surface area contributed by atoms with Crippen LogP contribution in [0.5, 0.6) is 0 Å². The summed E-state index contributed by atoms with van der Waals surface area (Å²) in [5.74, 6) is 2.40. The summed E-state index contributed by atoms with van der Waals surface area (Å²) in [6.07, 6.45) is 23.2. The van der Waals surface area contributed by atoms with E-state index >= 15 is 0 Å². The van der Waals surface area contributed by atoms with E-state index in [9.17, 15) is 0 Å². The third-order valence-electron chi connectivity index (χ3n) is 10.0. The lowest BCUT2D eigenvalue weighted by atomic mass is 9.76. The van der Waals surface area contributed by atoms with E-state index in [1.54, 1.807) is 16.7 Å². The Bertz CT molecular complexity index is 1200. The van der Waals surface area contributed by atoms with Crippen LogP contribution in [0.4, 0.5) is 0 Å². The number of nitrogens with zero attached hydrogens (tertiary/aromatic N) is 1. The minimum atomic E-state index is 0.749.